The van der Waals surface area contributed by atoms with E-state index in [0.717, 1.165) is 6.08 Å². The van der Waals surface area contributed by atoms with E-state index in [9.17, 15) is 15.2 Å². The molecule has 0 saturated carbocycles. The van der Waals surface area contributed by atoms with Gasteiger partial charge in [-0.2, -0.15) is 5.26 Å². The van der Waals surface area contributed by atoms with Crippen molar-refractivity contribution in [2.75, 3.05) is 12.4 Å². The molecule has 24 heavy (non-hydrogen) atoms. The maximum atomic E-state index is 11.8. The topological polar surface area (TPSA) is 82.4 Å². The molecule has 2 rings (SSSR count). The number of benzene rings is 2. The van der Waals surface area contributed by atoms with E-state index in [2.05, 4.69) is 11.9 Å². The minimum Gasteiger partial charge on any atom is -0.503 e. The number of carbonyl (C=O) groups excluding carboxylic acids is 1. The highest BCUT2D eigenvalue weighted by Crippen LogP contribution is 2.49. The fraction of sp³-hybridized carbons (Fsp3) is 0.0588. The third kappa shape index (κ3) is 3.16. The Morgan fingerprint density at radius 2 is 2.17 bits per heavy atom. The molecule has 2 aromatic rings. The summed E-state index contributed by atoms with van der Waals surface area (Å²) >= 11 is 12.1. The van der Waals surface area contributed by atoms with Crippen molar-refractivity contribution in [1.82, 2.24) is 0 Å². The fourth-order valence-electron chi connectivity index (χ4n) is 2.21. The summed E-state index contributed by atoms with van der Waals surface area (Å²) in [6.07, 6.45) is 1.05. The predicted molar refractivity (Wildman–Crippen MR) is 93.7 cm³/mol. The highest BCUT2D eigenvalue weighted by atomic mass is 35.5. The van der Waals surface area contributed by atoms with Gasteiger partial charge in [0.1, 0.15) is 11.1 Å². The summed E-state index contributed by atoms with van der Waals surface area (Å²) in [6, 6.07) is 8.54. The lowest BCUT2D eigenvalue weighted by molar-refractivity contribution is -0.111. The number of rotatable bonds is 4. The number of halogens is 2. The number of phenolic OH excluding ortho intramolecular Hbond substituents is 1. The first kappa shape index (κ1) is 17.7. The molecule has 0 aromatic heterocycles. The zero-order valence-electron chi connectivity index (χ0n) is 12.6. The van der Waals surface area contributed by atoms with Gasteiger partial charge in [-0.3, -0.25) is 4.79 Å². The van der Waals surface area contributed by atoms with E-state index >= 15 is 0 Å². The molecule has 5 nitrogen and oxygen atoms in total. The zero-order chi connectivity index (χ0) is 17.9. The quantitative estimate of drug-likeness (QED) is 0.624. The normalized spacial score (nSPS) is 9.92. The Morgan fingerprint density at radius 3 is 2.71 bits per heavy atom. The number of nitrogens with one attached hydrogen (secondary N) is 1. The number of nitriles is 1. The Hall–Kier alpha value is -2.68. The average Bonchev–Trinajstić information content (AvgIpc) is 2.57. The second-order valence-corrected chi connectivity index (χ2v) is 5.45. The van der Waals surface area contributed by atoms with E-state index < -0.39 is 11.7 Å². The summed E-state index contributed by atoms with van der Waals surface area (Å²) in [6.45, 7) is 3.38. The summed E-state index contributed by atoms with van der Waals surface area (Å²) < 4.78 is 5.24. The maximum absolute atomic E-state index is 11.8. The molecule has 122 valence electrons. The number of nitrogens with zero attached hydrogens (tertiary/aromatic N) is 1. The Bertz CT molecular complexity index is 873. The van der Waals surface area contributed by atoms with Crippen molar-refractivity contribution in [2.24, 2.45) is 0 Å². The van der Waals surface area contributed by atoms with Gasteiger partial charge in [-0.15, -0.1) is 0 Å². The van der Waals surface area contributed by atoms with Crippen LogP contribution in [0.15, 0.2) is 36.9 Å². The monoisotopic (exact) mass is 362 g/mol. The van der Waals surface area contributed by atoms with E-state index in [1.54, 1.807) is 24.3 Å². The van der Waals surface area contributed by atoms with Crippen molar-refractivity contribution in [3.05, 3.63) is 52.5 Å². The van der Waals surface area contributed by atoms with E-state index in [4.69, 9.17) is 27.9 Å². The van der Waals surface area contributed by atoms with Crippen LogP contribution in [0.25, 0.3) is 11.1 Å². The summed E-state index contributed by atoms with van der Waals surface area (Å²) in [5.41, 5.74) is 0.820. The lowest BCUT2D eigenvalue weighted by Crippen LogP contribution is -2.11. The van der Waals surface area contributed by atoms with Gasteiger partial charge < -0.3 is 15.2 Å². The lowest BCUT2D eigenvalue weighted by atomic mass is 9.98. The number of phenols is 1. The standard InChI is InChI=1S/C17H12Cl2N2O3/c1-3-12(22)21-15-11(8-20)14(19)16(23)17(24-2)13(15)9-5-4-6-10(18)7-9/h3-7,23H,1H2,2H3,(H,21,22). The van der Waals surface area contributed by atoms with Crippen LogP contribution in [0.3, 0.4) is 0 Å². The number of methoxy groups -OCH3 is 1. The summed E-state index contributed by atoms with van der Waals surface area (Å²) in [5, 5.41) is 22.4. The lowest BCUT2D eigenvalue weighted by Gasteiger charge is -2.19. The summed E-state index contributed by atoms with van der Waals surface area (Å²) in [4.78, 5) is 11.8. The smallest absolute Gasteiger partial charge is 0.247 e. The SMILES string of the molecule is C=CC(=O)Nc1c(C#N)c(Cl)c(O)c(OC)c1-c1cccc(Cl)c1. The van der Waals surface area contributed by atoms with Gasteiger partial charge in [-0.05, 0) is 23.8 Å². The van der Waals surface area contributed by atoms with Crippen LogP contribution in [0.2, 0.25) is 10.0 Å². The van der Waals surface area contributed by atoms with Crippen LogP contribution in [0.1, 0.15) is 5.56 Å². The van der Waals surface area contributed by atoms with Gasteiger partial charge in [0, 0.05) is 5.02 Å². The highest BCUT2D eigenvalue weighted by molar-refractivity contribution is 6.34. The number of hydrogen-bond acceptors (Lipinski definition) is 4. The Morgan fingerprint density at radius 1 is 1.46 bits per heavy atom. The Kier molecular flexibility index (Phi) is 5.35. The van der Waals surface area contributed by atoms with Crippen molar-refractivity contribution in [2.45, 2.75) is 0 Å². The minimum atomic E-state index is -0.543. The molecule has 0 spiro atoms. The first-order valence-corrected chi connectivity index (χ1v) is 7.42. The van der Waals surface area contributed by atoms with Gasteiger partial charge in [-0.25, -0.2) is 0 Å². The first-order valence-electron chi connectivity index (χ1n) is 6.66. The molecular formula is C17H12Cl2N2O3. The van der Waals surface area contributed by atoms with Crippen molar-refractivity contribution < 1.29 is 14.6 Å². The molecule has 0 atom stereocenters. The molecule has 0 unspecified atom stereocenters. The molecule has 0 saturated heterocycles. The molecule has 0 aliphatic carbocycles. The van der Waals surface area contributed by atoms with Crippen molar-refractivity contribution in [3.8, 4) is 28.7 Å². The van der Waals surface area contributed by atoms with Crippen LogP contribution in [0.5, 0.6) is 11.5 Å². The van der Waals surface area contributed by atoms with Gasteiger partial charge >= 0.3 is 0 Å². The van der Waals surface area contributed by atoms with Crippen molar-refractivity contribution >= 4 is 34.8 Å². The second-order valence-electron chi connectivity index (χ2n) is 4.64. The summed E-state index contributed by atoms with van der Waals surface area (Å²) in [5.74, 6) is -0.929. The molecule has 7 heteroatoms. The van der Waals surface area contributed by atoms with E-state index in [1.807, 2.05) is 6.07 Å². The third-order valence-electron chi connectivity index (χ3n) is 3.23. The van der Waals surface area contributed by atoms with Gasteiger partial charge in [0.2, 0.25) is 5.91 Å². The molecule has 0 fully saturated rings. The number of aromatic hydroxyl groups is 1. The molecule has 1 amide bonds. The number of amides is 1. The van der Waals surface area contributed by atoms with Crippen LogP contribution in [0, 0.1) is 11.3 Å². The molecule has 0 radical (unpaired) electrons. The average molecular weight is 363 g/mol. The van der Waals surface area contributed by atoms with E-state index in [0.29, 0.717) is 10.6 Å². The fourth-order valence-corrected chi connectivity index (χ4v) is 2.62. The van der Waals surface area contributed by atoms with Crippen molar-refractivity contribution in [3.63, 3.8) is 0 Å². The maximum Gasteiger partial charge on any atom is 0.247 e. The molecule has 2 N–H and O–H groups in total. The third-order valence-corrected chi connectivity index (χ3v) is 3.84. The minimum absolute atomic E-state index is 0.0145. The van der Waals surface area contributed by atoms with Crippen LogP contribution in [-0.4, -0.2) is 18.1 Å². The van der Waals surface area contributed by atoms with Crippen LogP contribution >= 0.6 is 23.2 Å². The number of ether oxygens (including phenoxy) is 1. The number of carbonyl (C=O) groups is 1. The van der Waals surface area contributed by atoms with Crippen LogP contribution in [-0.2, 0) is 4.79 Å². The van der Waals surface area contributed by atoms with Gasteiger partial charge in [0.15, 0.2) is 11.5 Å². The molecular weight excluding hydrogens is 351 g/mol. The first-order chi connectivity index (χ1) is 11.4. The largest absolute Gasteiger partial charge is 0.503 e. The molecule has 0 aliphatic heterocycles. The van der Waals surface area contributed by atoms with Crippen LogP contribution in [0.4, 0.5) is 5.69 Å². The highest BCUT2D eigenvalue weighted by Gasteiger charge is 2.25. The van der Waals surface area contributed by atoms with Gasteiger partial charge in [0.25, 0.3) is 0 Å². The second kappa shape index (κ2) is 7.26. The van der Waals surface area contributed by atoms with Crippen LogP contribution < -0.4 is 10.1 Å². The molecule has 0 heterocycles. The number of hydrogen-bond donors (Lipinski definition) is 2. The Labute approximate surface area is 148 Å². The molecule has 2 aromatic carbocycles. The molecule has 0 bridgehead atoms. The van der Waals surface area contributed by atoms with Crippen molar-refractivity contribution in [1.29, 1.82) is 5.26 Å². The number of anilines is 1. The zero-order valence-corrected chi connectivity index (χ0v) is 14.1. The summed E-state index contributed by atoms with van der Waals surface area (Å²) in [7, 11) is 1.34. The van der Waals surface area contributed by atoms with Gasteiger partial charge in [0.05, 0.1) is 23.9 Å². The predicted octanol–water partition coefficient (Wildman–Crippen LogP) is 4.37. The molecule has 0 aliphatic rings. The van der Waals surface area contributed by atoms with E-state index in [1.165, 1.54) is 7.11 Å². The van der Waals surface area contributed by atoms with E-state index in [-0.39, 0.29) is 27.6 Å². The Balaban J connectivity index is 2.92. The van der Waals surface area contributed by atoms with Gasteiger partial charge in [-0.1, -0.05) is 41.9 Å².